The van der Waals surface area contributed by atoms with Gasteiger partial charge in [-0.1, -0.05) is 24.3 Å². The maximum absolute atomic E-state index is 10.2. The molecule has 0 unspecified atom stereocenters. The van der Waals surface area contributed by atoms with Crippen LogP contribution in [0.5, 0.6) is 11.5 Å². The van der Waals surface area contributed by atoms with Crippen LogP contribution >= 0.6 is 11.9 Å². The molecule has 0 atom stereocenters. The smallest absolute Gasteiger partial charge is 0.151 e. The minimum atomic E-state index is 0.189. The van der Waals surface area contributed by atoms with Gasteiger partial charge in [-0.05, 0) is 35.3 Å². The Morgan fingerprint density at radius 1 is 1.15 bits per heavy atom. The van der Waals surface area contributed by atoms with Crippen LogP contribution in [0.15, 0.2) is 60.8 Å². The summed E-state index contributed by atoms with van der Waals surface area (Å²) in [7, 11) is 1.96. The van der Waals surface area contributed by atoms with E-state index >= 15 is 0 Å². The lowest BCUT2D eigenvalue weighted by molar-refractivity contribution is 0.477. The number of anilines is 1. The van der Waals surface area contributed by atoms with Gasteiger partial charge in [0, 0.05) is 24.4 Å². The Kier molecular flexibility index (Phi) is 4.60. The second kappa shape index (κ2) is 7.21. The Balaban J connectivity index is 1.71. The fourth-order valence-corrected chi connectivity index (χ4v) is 2.98. The molecule has 0 aliphatic carbocycles. The van der Waals surface area contributed by atoms with Crippen LogP contribution in [0.3, 0.4) is 0 Å². The first-order valence-electron chi connectivity index (χ1n) is 8.41. The third kappa shape index (κ3) is 3.41. The summed E-state index contributed by atoms with van der Waals surface area (Å²) in [6.07, 6.45) is 1.77. The molecule has 0 amide bonds. The van der Waals surface area contributed by atoms with Gasteiger partial charge >= 0.3 is 0 Å². The van der Waals surface area contributed by atoms with Crippen molar-refractivity contribution >= 4 is 36.6 Å². The molecule has 2 N–H and O–H groups in total. The third-order valence-corrected chi connectivity index (χ3v) is 4.49. The standard InChI is InChI=1S/C19H16BClN4O2/c20-15-11-23-25-18(22-10-12-5-7-13(27-21)8-6-12)9-16(24-19(15)25)14-3-1-2-4-17(14)26/h1-9,11,22,26H,10,20H2. The van der Waals surface area contributed by atoms with Gasteiger partial charge in [0.25, 0.3) is 0 Å². The molecule has 0 radical (unpaired) electrons. The molecule has 8 heteroatoms. The van der Waals surface area contributed by atoms with Crippen LogP contribution in [0.25, 0.3) is 16.9 Å². The largest absolute Gasteiger partial charge is 0.507 e. The highest BCUT2D eigenvalue weighted by Crippen LogP contribution is 2.29. The molecule has 2 aromatic heterocycles. The van der Waals surface area contributed by atoms with Gasteiger partial charge in [0.05, 0.1) is 5.69 Å². The predicted octanol–water partition coefficient (Wildman–Crippen LogP) is 2.51. The van der Waals surface area contributed by atoms with Gasteiger partial charge < -0.3 is 14.7 Å². The van der Waals surface area contributed by atoms with E-state index in [-0.39, 0.29) is 5.75 Å². The molecule has 0 aliphatic heterocycles. The Morgan fingerprint density at radius 3 is 2.67 bits per heavy atom. The summed E-state index contributed by atoms with van der Waals surface area (Å²) in [5, 5.41) is 18.0. The Hall–Kier alpha value is -3.19. The average molecular weight is 379 g/mol. The van der Waals surface area contributed by atoms with Gasteiger partial charge in [0.2, 0.25) is 0 Å². The van der Waals surface area contributed by atoms with Crippen molar-refractivity contribution in [1.29, 1.82) is 0 Å². The number of nitrogens with zero attached hydrogens (tertiary/aromatic N) is 3. The summed E-state index contributed by atoms with van der Waals surface area (Å²) in [5.41, 5.74) is 4.11. The zero-order valence-electron chi connectivity index (χ0n) is 14.6. The molecule has 27 heavy (non-hydrogen) atoms. The number of benzene rings is 2. The van der Waals surface area contributed by atoms with Crippen molar-refractivity contribution in [3.8, 4) is 22.8 Å². The van der Waals surface area contributed by atoms with Crippen molar-refractivity contribution in [2.24, 2.45) is 0 Å². The van der Waals surface area contributed by atoms with E-state index in [9.17, 15) is 5.11 Å². The van der Waals surface area contributed by atoms with Crippen LogP contribution < -0.4 is 15.1 Å². The van der Waals surface area contributed by atoms with E-state index in [1.54, 1.807) is 35.0 Å². The van der Waals surface area contributed by atoms with E-state index in [0.29, 0.717) is 23.6 Å². The lowest BCUT2D eigenvalue weighted by atomic mass is 10.0. The number of aromatic nitrogens is 3. The van der Waals surface area contributed by atoms with E-state index in [1.807, 2.05) is 38.2 Å². The zero-order chi connectivity index (χ0) is 18.8. The van der Waals surface area contributed by atoms with Crippen LogP contribution in [0.2, 0.25) is 0 Å². The quantitative estimate of drug-likeness (QED) is 0.522. The molecule has 0 spiro atoms. The number of phenols is 1. The molecular formula is C19H16BClN4O2. The SMILES string of the molecule is Bc1cnn2c(NCc3ccc(OCl)cc3)cc(-c3ccccc3O)nc12. The molecule has 0 saturated carbocycles. The fourth-order valence-electron chi connectivity index (χ4n) is 2.88. The third-order valence-electron chi connectivity index (χ3n) is 4.31. The summed E-state index contributed by atoms with van der Waals surface area (Å²) in [6.45, 7) is 0.584. The van der Waals surface area contributed by atoms with Crippen LogP contribution in [-0.4, -0.2) is 27.6 Å². The number of hydrogen-bond donors (Lipinski definition) is 2. The molecule has 4 rings (SSSR count). The van der Waals surface area contributed by atoms with Crippen LogP contribution in [-0.2, 0) is 6.54 Å². The van der Waals surface area contributed by atoms with Crippen molar-refractivity contribution < 1.29 is 9.40 Å². The number of nitrogens with one attached hydrogen (secondary N) is 1. The number of halogens is 1. The topological polar surface area (TPSA) is 71.7 Å². The number of fused-ring (bicyclic) bond motifs is 1. The Bertz CT molecular complexity index is 1100. The first kappa shape index (κ1) is 17.2. The number of phenolic OH excluding ortho intramolecular Hbond substituents is 1. The van der Waals surface area contributed by atoms with Gasteiger partial charge in [-0.3, -0.25) is 0 Å². The highest BCUT2D eigenvalue weighted by Gasteiger charge is 2.12. The normalized spacial score (nSPS) is 10.9. The molecule has 4 aromatic rings. The minimum absolute atomic E-state index is 0.189. The van der Waals surface area contributed by atoms with Crippen molar-refractivity contribution in [3.63, 3.8) is 0 Å². The van der Waals surface area contributed by atoms with Gasteiger partial charge in [0.1, 0.15) is 37.0 Å². The van der Waals surface area contributed by atoms with Gasteiger partial charge in [-0.25, -0.2) is 4.98 Å². The number of rotatable bonds is 5. The van der Waals surface area contributed by atoms with Crippen molar-refractivity contribution in [2.45, 2.75) is 6.54 Å². The van der Waals surface area contributed by atoms with Crippen LogP contribution in [0, 0.1) is 0 Å². The van der Waals surface area contributed by atoms with Crippen molar-refractivity contribution in [2.75, 3.05) is 5.32 Å². The molecule has 0 bridgehead atoms. The molecular weight excluding hydrogens is 363 g/mol. The number of para-hydroxylation sites is 1. The summed E-state index contributed by atoms with van der Waals surface area (Å²) in [5.74, 6) is 1.56. The molecule has 0 fully saturated rings. The first-order valence-corrected chi connectivity index (χ1v) is 8.72. The second-order valence-electron chi connectivity index (χ2n) is 6.18. The zero-order valence-corrected chi connectivity index (χ0v) is 15.3. The number of hydrogen-bond acceptors (Lipinski definition) is 5. The minimum Gasteiger partial charge on any atom is -0.507 e. The van der Waals surface area contributed by atoms with Crippen molar-refractivity contribution in [1.82, 2.24) is 14.6 Å². The molecule has 2 aromatic carbocycles. The highest BCUT2D eigenvalue weighted by atomic mass is 35.5. The van der Waals surface area contributed by atoms with Crippen LogP contribution in [0.1, 0.15) is 5.56 Å². The Labute approximate surface area is 162 Å². The number of aromatic hydroxyl groups is 1. The Morgan fingerprint density at radius 2 is 1.93 bits per heavy atom. The van der Waals surface area contributed by atoms with Gasteiger partial charge in [-0.15, -0.1) is 0 Å². The summed E-state index contributed by atoms with van der Waals surface area (Å²) in [4.78, 5) is 4.67. The lowest BCUT2D eigenvalue weighted by Crippen LogP contribution is -2.09. The average Bonchev–Trinajstić information content (AvgIpc) is 3.08. The maximum atomic E-state index is 10.2. The first-order chi connectivity index (χ1) is 13.2. The molecule has 0 aliphatic rings. The summed E-state index contributed by atoms with van der Waals surface area (Å²) in [6, 6.07) is 16.5. The van der Waals surface area contributed by atoms with Crippen molar-refractivity contribution in [3.05, 3.63) is 66.4 Å². The highest BCUT2D eigenvalue weighted by molar-refractivity contribution is 6.36. The monoisotopic (exact) mass is 378 g/mol. The van der Waals surface area contributed by atoms with Gasteiger partial charge in [-0.2, -0.15) is 9.61 Å². The fraction of sp³-hybridized carbons (Fsp3) is 0.0526. The van der Waals surface area contributed by atoms with E-state index in [4.69, 9.17) is 11.9 Å². The molecule has 2 heterocycles. The van der Waals surface area contributed by atoms with E-state index in [1.165, 1.54) is 0 Å². The summed E-state index contributed by atoms with van der Waals surface area (Å²) < 4.78 is 6.43. The van der Waals surface area contributed by atoms with E-state index < -0.39 is 0 Å². The second-order valence-corrected chi connectivity index (χ2v) is 6.34. The predicted molar refractivity (Wildman–Crippen MR) is 109 cm³/mol. The van der Waals surface area contributed by atoms with Gasteiger partial charge in [0.15, 0.2) is 5.65 Å². The molecule has 0 saturated heterocycles. The maximum Gasteiger partial charge on any atom is 0.151 e. The molecule has 6 nitrogen and oxygen atoms in total. The van der Waals surface area contributed by atoms with E-state index in [2.05, 4.69) is 19.7 Å². The van der Waals surface area contributed by atoms with E-state index in [0.717, 1.165) is 22.5 Å². The summed E-state index contributed by atoms with van der Waals surface area (Å²) >= 11 is 5.35. The molecule has 134 valence electrons. The lowest BCUT2D eigenvalue weighted by Gasteiger charge is -2.12. The van der Waals surface area contributed by atoms with Crippen LogP contribution in [0.4, 0.5) is 5.82 Å².